The molecule has 66 valence electrons. The Kier molecular flexibility index (Phi) is 3.83. The lowest BCUT2D eigenvalue weighted by Gasteiger charge is -2.32. The normalized spacial score (nSPS) is 21.3. The first-order chi connectivity index (χ1) is 5.36. The fraction of sp³-hybridized carbons (Fsp3) is 1.00. The second-order valence-corrected chi connectivity index (χ2v) is 3.14. The summed E-state index contributed by atoms with van der Waals surface area (Å²) < 4.78 is 0. The van der Waals surface area contributed by atoms with Crippen molar-refractivity contribution in [3.05, 3.63) is 0 Å². The quantitative estimate of drug-likeness (QED) is 0.515. The fourth-order valence-corrected chi connectivity index (χ4v) is 1.30. The van der Waals surface area contributed by atoms with Gasteiger partial charge in [0.05, 0.1) is 0 Å². The molecule has 0 bridgehead atoms. The molecule has 1 saturated heterocycles. The van der Waals surface area contributed by atoms with E-state index in [9.17, 15) is 0 Å². The third kappa shape index (κ3) is 2.77. The first-order valence-corrected chi connectivity index (χ1v) is 4.44. The minimum absolute atomic E-state index is 0.297. The zero-order valence-electron chi connectivity index (χ0n) is 7.14. The molecule has 0 aromatic carbocycles. The SMILES string of the molecule is CCC(CCO)NC1CNC1. The van der Waals surface area contributed by atoms with Crippen LogP contribution in [0.3, 0.4) is 0 Å². The summed E-state index contributed by atoms with van der Waals surface area (Å²) in [5.74, 6) is 0. The van der Waals surface area contributed by atoms with Crippen molar-refractivity contribution in [3.8, 4) is 0 Å². The molecule has 1 aliphatic heterocycles. The molecule has 0 spiro atoms. The predicted molar refractivity (Wildman–Crippen MR) is 45.6 cm³/mol. The summed E-state index contributed by atoms with van der Waals surface area (Å²) in [6, 6.07) is 1.15. The van der Waals surface area contributed by atoms with Crippen LogP contribution in [0, 0.1) is 0 Å². The Labute approximate surface area is 68.2 Å². The third-order valence-electron chi connectivity index (χ3n) is 2.22. The zero-order chi connectivity index (χ0) is 8.10. The van der Waals surface area contributed by atoms with Gasteiger partial charge in [-0.15, -0.1) is 0 Å². The fourth-order valence-electron chi connectivity index (χ4n) is 1.30. The predicted octanol–water partition coefficient (Wildman–Crippen LogP) is -0.291. The molecule has 3 heteroatoms. The lowest BCUT2D eigenvalue weighted by atomic mass is 10.1. The molecular weight excluding hydrogens is 140 g/mol. The van der Waals surface area contributed by atoms with E-state index in [1.54, 1.807) is 0 Å². The van der Waals surface area contributed by atoms with E-state index in [2.05, 4.69) is 17.6 Å². The van der Waals surface area contributed by atoms with Gasteiger partial charge in [0.15, 0.2) is 0 Å². The molecule has 1 rings (SSSR count). The van der Waals surface area contributed by atoms with Gasteiger partial charge in [-0.1, -0.05) is 6.92 Å². The summed E-state index contributed by atoms with van der Waals surface area (Å²) >= 11 is 0. The maximum absolute atomic E-state index is 8.72. The van der Waals surface area contributed by atoms with Crippen LogP contribution in [0.5, 0.6) is 0 Å². The van der Waals surface area contributed by atoms with Crippen LogP contribution < -0.4 is 10.6 Å². The Morgan fingerprint density at radius 1 is 1.64 bits per heavy atom. The molecule has 11 heavy (non-hydrogen) atoms. The van der Waals surface area contributed by atoms with Gasteiger partial charge < -0.3 is 15.7 Å². The van der Waals surface area contributed by atoms with Crippen molar-refractivity contribution in [3.63, 3.8) is 0 Å². The Bertz CT molecular complexity index is 104. The van der Waals surface area contributed by atoms with Crippen LogP contribution in [-0.2, 0) is 0 Å². The van der Waals surface area contributed by atoms with Crippen LogP contribution in [0.25, 0.3) is 0 Å². The minimum Gasteiger partial charge on any atom is -0.396 e. The molecule has 3 N–H and O–H groups in total. The summed E-state index contributed by atoms with van der Waals surface area (Å²) in [7, 11) is 0. The zero-order valence-corrected chi connectivity index (χ0v) is 7.14. The highest BCUT2D eigenvalue weighted by Crippen LogP contribution is 2.00. The van der Waals surface area contributed by atoms with Crippen molar-refractivity contribution in [2.24, 2.45) is 0 Å². The molecule has 0 radical (unpaired) electrons. The largest absolute Gasteiger partial charge is 0.396 e. The molecule has 0 aromatic heterocycles. The van der Waals surface area contributed by atoms with Crippen LogP contribution in [0.2, 0.25) is 0 Å². The van der Waals surface area contributed by atoms with Gasteiger partial charge in [0.1, 0.15) is 0 Å². The Balaban J connectivity index is 2.08. The van der Waals surface area contributed by atoms with E-state index in [0.717, 1.165) is 25.9 Å². The van der Waals surface area contributed by atoms with Crippen molar-refractivity contribution in [1.29, 1.82) is 0 Å². The number of nitrogens with one attached hydrogen (secondary N) is 2. The highest BCUT2D eigenvalue weighted by Gasteiger charge is 2.18. The maximum Gasteiger partial charge on any atom is 0.0445 e. The summed E-state index contributed by atoms with van der Waals surface area (Å²) in [6.45, 7) is 4.62. The summed E-state index contributed by atoms with van der Waals surface area (Å²) in [6.07, 6.45) is 1.99. The first-order valence-electron chi connectivity index (χ1n) is 4.44. The van der Waals surface area contributed by atoms with E-state index < -0.39 is 0 Å². The molecule has 0 saturated carbocycles. The lowest BCUT2D eigenvalue weighted by Crippen LogP contribution is -2.58. The summed E-state index contributed by atoms with van der Waals surface area (Å²) in [5.41, 5.74) is 0. The van der Waals surface area contributed by atoms with Crippen molar-refractivity contribution in [2.45, 2.75) is 31.8 Å². The lowest BCUT2D eigenvalue weighted by molar-refractivity contribution is 0.242. The molecule has 1 fully saturated rings. The van der Waals surface area contributed by atoms with Crippen molar-refractivity contribution in [2.75, 3.05) is 19.7 Å². The number of aliphatic hydroxyl groups excluding tert-OH is 1. The Hall–Kier alpha value is -0.120. The van der Waals surface area contributed by atoms with E-state index >= 15 is 0 Å². The van der Waals surface area contributed by atoms with Crippen LogP contribution in [0.15, 0.2) is 0 Å². The number of rotatable bonds is 5. The first kappa shape index (κ1) is 8.97. The molecule has 1 aliphatic rings. The van der Waals surface area contributed by atoms with Gasteiger partial charge in [0.2, 0.25) is 0 Å². The molecule has 1 unspecified atom stereocenters. The van der Waals surface area contributed by atoms with Crippen molar-refractivity contribution in [1.82, 2.24) is 10.6 Å². The molecule has 0 amide bonds. The second kappa shape index (κ2) is 4.70. The van der Waals surface area contributed by atoms with Crippen LogP contribution >= 0.6 is 0 Å². The standard InChI is InChI=1S/C8H18N2O/c1-2-7(3-4-11)10-8-5-9-6-8/h7-11H,2-6H2,1H3. The smallest absolute Gasteiger partial charge is 0.0445 e. The average Bonchev–Trinajstić information content (AvgIpc) is 1.94. The Morgan fingerprint density at radius 3 is 2.73 bits per heavy atom. The van der Waals surface area contributed by atoms with E-state index in [-0.39, 0.29) is 0 Å². The topological polar surface area (TPSA) is 44.3 Å². The van der Waals surface area contributed by atoms with E-state index in [0.29, 0.717) is 18.7 Å². The van der Waals surface area contributed by atoms with Crippen LogP contribution in [-0.4, -0.2) is 36.9 Å². The van der Waals surface area contributed by atoms with E-state index in [1.807, 2.05) is 0 Å². The number of hydrogen-bond donors (Lipinski definition) is 3. The molecule has 3 nitrogen and oxygen atoms in total. The monoisotopic (exact) mass is 158 g/mol. The highest BCUT2D eigenvalue weighted by molar-refractivity contribution is 4.84. The van der Waals surface area contributed by atoms with Crippen LogP contribution in [0.1, 0.15) is 19.8 Å². The van der Waals surface area contributed by atoms with E-state index in [1.165, 1.54) is 0 Å². The Morgan fingerprint density at radius 2 is 2.36 bits per heavy atom. The van der Waals surface area contributed by atoms with Gasteiger partial charge in [0.25, 0.3) is 0 Å². The highest BCUT2D eigenvalue weighted by atomic mass is 16.3. The van der Waals surface area contributed by atoms with Gasteiger partial charge in [-0.3, -0.25) is 0 Å². The van der Waals surface area contributed by atoms with E-state index in [4.69, 9.17) is 5.11 Å². The number of hydrogen-bond acceptors (Lipinski definition) is 3. The molecule has 0 aliphatic carbocycles. The van der Waals surface area contributed by atoms with Gasteiger partial charge in [0, 0.05) is 31.8 Å². The molecule has 1 heterocycles. The van der Waals surface area contributed by atoms with Gasteiger partial charge in [-0.25, -0.2) is 0 Å². The van der Waals surface area contributed by atoms with Crippen LogP contribution in [0.4, 0.5) is 0 Å². The average molecular weight is 158 g/mol. The minimum atomic E-state index is 0.297. The maximum atomic E-state index is 8.72. The molecule has 1 atom stereocenters. The molecular formula is C8H18N2O. The van der Waals surface area contributed by atoms with Crippen molar-refractivity contribution >= 4 is 0 Å². The van der Waals surface area contributed by atoms with Crippen molar-refractivity contribution < 1.29 is 5.11 Å². The van der Waals surface area contributed by atoms with Gasteiger partial charge in [-0.05, 0) is 12.8 Å². The van der Waals surface area contributed by atoms with Gasteiger partial charge in [-0.2, -0.15) is 0 Å². The second-order valence-electron chi connectivity index (χ2n) is 3.14. The third-order valence-corrected chi connectivity index (χ3v) is 2.22. The van der Waals surface area contributed by atoms with Gasteiger partial charge >= 0.3 is 0 Å². The molecule has 0 aromatic rings. The summed E-state index contributed by atoms with van der Waals surface area (Å²) in [5, 5.41) is 15.4. The number of aliphatic hydroxyl groups is 1. The summed E-state index contributed by atoms with van der Waals surface area (Å²) in [4.78, 5) is 0.